The molecular formula is C18H17AsO3. The van der Waals surface area contributed by atoms with Crippen molar-refractivity contribution in [1.82, 2.24) is 0 Å². The van der Waals surface area contributed by atoms with Crippen LogP contribution in [0.2, 0.25) is 0 Å². The molecule has 3 rings (SSSR count). The average Bonchev–Trinajstić information content (AvgIpc) is 2.47. The van der Waals surface area contributed by atoms with E-state index in [2.05, 4.69) is 19.1 Å². The Morgan fingerprint density at radius 3 is 2.68 bits per heavy atom. The summed E-state index contributed by atoms with van der Waals surface area (Å²) in [6, 6.07) is 11.1. The third-order valence-corrected chi connectivity index (χ3v) is 5.44. The van der Waals surface area contributed by atoms with Crippen LogP contribution < -0.4 is 9.98 Å². The molecule has 3 aromatic rings. The van der Waals surface area contributed by atoms with Gasteiger partial charge in [-0.15, -0.1) is 0 Å². The standard InChI is InChI=1S/C18H17AsO3/c1-10-12(4-3-5-16(10)19)8-15-11(2)14-7-6-13(20)9-17(14)22-18(15)21/h3-7,9,20H,8,19H2,1-2H3. The van der Waals surface area contributed by atoms with Crippen molar-refractivity contribution in [2.45, 2.75) is 20.3 Å². The van der Waals surface area contributed by atoms with E-state index >= 15 is 0 Å². The first-order valence-electron chi connectivity index (χ1n) is 7.06. The quantitative estimate of drug-likeness (QED) is 0.564. The van der Waals surface area contributed by atoms with Crippen LogP contribution in [-0.2, 0) is 6.42 Å². The summed E-state index contributed by atoms with van der Waals surface area (Å²) >= 11 is 1.58. The molecule has 1 atom stereocenters. The second kappa shape index (κ2) is 5.66. The number of hydrogen-bond donors (Lipinski definition) is 1. The monoisotopic (exact) mass is 356 g/mol. The van der Waals surface area contributed by atoms with E-state index in [1.165, 1.54) is 16.0 Å². The molecule has 4 heteroatoms. The Bertz CT molecular complexity index is 925. The van der Waals surface area contributed by atoms with Crippen LogP contribution in [0, 0.1) is 13.8 Å². The molecule has 0 radical (unpaired) electrons. The second-order valence-corrected chi connectivity index (χ2v) is 6.79. The predicted octanol–water partition coefficient (Wildman–Crippen LogP) is 1.96. The molecule has 0 aliphatic carbocycles. The summed E-state index contributed by atoms with van der Waals surface area (Å²) in [6.45, 7) is 4.02. The summed E-state index contributed by atoms with van der Waals surface area (Å²) in [5, 5.41) is 10.4. The van der Waals surface area contributed by atoms with Gasteiger partial charge in [0.25, 0.3) is 0 Å². The fraction of sp³-hybridized carbons (Fsp3) is 0.167. The van der Waals surface area contributed by atoms with Gasteiger partial charge in [0.15, 0.2) is 0 Å². The van der Waals surface area contributed by atoms with Crippen LogP contribution in [0.5, 0.6) is 5.75 Å². The van der Waals surface area contributed by atoms with Gasteiger partial charge < -0.3 is 0 Å². The Hall–Kier alpha value is -1.99. The Morgan fingerprint density at radius 1 is 1.14 bits per heavy atom. The molecule has 1 aromatic heterocycles. The fourth-order valence-corrected chi connectivity index (χ4v) is 3.29. The van der Waals surface area contributed by atoms with E-state index in [9.17, 15) is 9.90 Å². The molecule has 22 heavy (non-hydrogen) atoms. The van der Waals surface area contributed by atoms with Gasteiger partial charge in [-0.3, -0.25) is 0 Å². The maximum absolute atomic E-state index is 12.3. The van der Waals surface area contributed by atoms with Gasteiger partial charge in [0.05, 0.1) is 0 Å². The number of aromatic hydroxyl groups is 1. The van der Waals surface area contributed by atoms with Gasteiger partial charge >= 0.3 is 137 Å². The fourth-order valence-electron chi connectivity index (χ4n) is 2.67. The molecule has 0 aliphatic rings. The molecule has 0 spiro atoms. The van der Waals surface area contributed by atoms with E-state index in [4.69, 9.17) is 4.42 Å². The summed E-state index contributed by atoms with van der Waals surface area (Å²) in [5.41, 5.74) is 4.07. The Balaban J connectivity index is 2.17. The SMILES string of the molecule is Cc1c([AsH2])cccc1Cc1c(C)c2ccc(O)cc2oc1=O. The summed E-state index contributed by atoms with van der Waals surface area (Å²) in [6.07, 6.45) is 0.564. The van der Waals surface area contributed by atoms with Gasteiger partial charge in [-0.05, 0) is 0 Å². The molecule has 3 nitrogen and oxygen atoms in total. The van der Waals surface area contributed by atoms with Crippen LogP contribution in [0.4, 0.5) is 0 Å². The predicted molar refractivity (Wildman–Crippen MR) is 91.0 cm³/mol. The van der Waals surface area contributed by atoms with Gasteiger partial charge in [-0.25, -0.2) is 0 Å². The molecule has 0 bridgehead atoms. The van der Waals surface area contributed by atoms with E-state index < -0.39 is 0 Å². The van der Waals surface area contributed by atoms with Crippen LogP contribution in [0.25, 0.3) is 11.0 Å². The summed E-state index contributed by atoms with van der Waals surface area (Å²) < 4.78 is 6.66. The maximum atomic E-state index is 12.3. The second-order valence-electron chi connectivity index (χ2n) is 5.48. The minimum atomic E-state index is -0.331. The molecule has 1 heterocycles. The van der Waals surface area contributed by atoms with Gasteiger partial charge in [-0.2, -0.15) is 0 Å². The Labute approximate surface area is 137 Å². The van der Waals surface area contributed by atoms with Crippen LogP contribution >= 0.6 is 0 Å². The van der Waals surface area contributed by atoms with E-state index in [-0.39, 0.29) is 11.4 Å². The molecule has 1 N–H and O–H groups in total. The third kappa shape index (κ3) is 2.57. The molecule has 0 aliphatic heterocycles. The van der Waals surface area contributed by atoms with Gasteiger partial charge in [0.1, 0.15) is 0 Å². The molecule has 1 unspecified atom stereocenters. The number of phenolic OH excluding ortho intramolecular Hbond substituents is 1. The zero-order valence-corrected chi connectivity index (χ0v) is 14.9. The van der Waals surface area contributed by atoms with Crippen molar-refractivity contribution in [3.05, 3.63) is 69.1 Å². The molecule has 0 amide bonds. The molecule has 112 valence electrons. The number of rotatable bonds is 2. The third-order valence-electron chi connectivity index (χ3n) is 4.13. The van der Waals surface area contributed by atoms with Crippen molar-refractivity contribution in [3.63, 3.8) is 0 Å². The zero-order chi connectivity index (χ0) is 15.9. The van der Waals surface area contributed by atoms with E-state index in [0.717, 1.165) is 16.5 Å². The van der Waals surface area contributed by atoms with Crippen LogP contribution in [0.15, 0.2) is 45.6 Å². The Morgan fingerprint density at radius 2 is 1.91 bits per heavy atom. The summed E-state index contributed by atoms with van der Waals surface area (Å²) in [7, 11) is 0. The number of phenols is 1. The van der Waals surface area contributed by atoms with Gasteiger partial charge in [0.2, 0.25) is 0 Å². The van der Waals surface area contributed by atoms with Crippen molar-refractivity contribution in [2.75, 3.05) is 0 Å². The summed E-state index contributed by atoms with van der Waals surface area (Å²) in [5.74, 6) is 0.0968. The van der Waals surface area contributed by atoms with Crippen LogP contribution in [-0.4, -0.2) is 22.0 Å². The average molecular weight is 356 g/mol. The number of aryl methyl sites for hydroxylation is 1. The molecular weight excluding hydrogens is 339 g/mol. The number of benzene rings is 2. The topological polar surface area (TPSA) is 50.4 Å². The number of fused-ring (bicyclic) bond motifs is 1. The number of hydrogen-bond acceptors (Lipinski definition) is 3. The minimum absolute atomic E-state index is 0.0968. The molecule has 2 aromatic carbocycles. The first-order chi connectivity index (χ1) is 10.5. The van der Waals surface area contributed by atoms with Crippen molar-refractivity contribution in [2.24, 2.45) is 0 Å². The van der Waals surface area contributed by atoms with Crippen molar-refractivity contribution >= 4 is 32.2 Å². The van der Waals surface area contributed by atoms with E-state index in [1.807, 2.05) is 13.0 Å². The molecule has 0 fully saturated rings. The van der Waals surface area contributed by atoms with Gasteiger partial charge in [-0.1, -0.05) is 0 Å². The first-order valence-corrected chi connectivity index (χ1v) is 8.28. The first kappa shape index (κ1) is 14.9. The molecule has 0 saturated heterocycles. The van der Waals surface area contributed by atoms with Gasteiger partial charge in [0, 0.05) is 0 Å². The molecule has 0 saturated carbocycles. The van der Waals surface area contributed by atoms with Crippen molar-refractivity contribution in [1.29, 1.82) is 0 Å². The van der Waals surface area contributed by atoms with Crippen molar-refractivity contribution < 1.29 is 9.52 Å². The summed E-state index contributed by atoms with van der Waals surface area (Å²) in [4.78, 5) is 12.3. The normalized spacial score (nSPS) is 11.0. The van der Waals surface area contributed by atoms with E-state index in [0.29, 0.717) is 17.6 Å². The van der Waals surface area contributed by atoms with Crippen LogP contribution in [0.3, 0.4) is 0 Å². The van der Waals surface area contributed by atoms with Crippen molar-refractivity contribution in [3.8, 4) is 5.75 Å². The van der Waals surface area contributed by atoms with Crippen LogP contribution in [0.1, 0.15) is 22.3 Å². The Kier molecular flexibility index (Phi) is 3.84. The zero-order valence-electron chi connectivity index (χ0n) is 12.5. The van der Waals surface area contributed by atoms with E-state index in [1.54, 1.807) is 29.0 Å².